The molecule has 58 valence electrons. The minimum atomic E-state index is -0.439. The Hall–Kier alpha value is 0.180. The molecule has 0 unspecified atom stereocenters. The first-order valence-corrected chi connectivity index (χ1v) is 4.37. The van der Waals surface area contributed by atoms with E-state index in [1.54, 1.807) is 11.1 Å². The number of rotatable bonds is 3. The van der Waals surface area contributed by atoms with E-state index in [4.69, 9.17) is 11.6 Å². The van der Waals surface area contributed by atoms with E-state index in [2.05, 4.69) is 15.9 Å². The van der Waals surface area contributed by atoms with Crippen molar-refractivity contribution in [1.29, 1.82) is 0 Å². The lowest BCUT2D eigenvalue weighted by Crippen LogP contribution is -2.22. The van der Waals surface area contributed by atoms with Gasteiger partial charge in [0.1, 0.15) is 0 Å². The summed E-state index contributed by atoms with van der Waals surface area (Å²) in [7, 11) is 0. The monoisotopic (exact) mass is 224 g/mol. The fourth-order valence-corrected chi connectivity index (χ4v) is 1.43. The van der Waals surface area contributed by atoms with Crippen molar-refractivity contribution in [2.45, 2.75) is 13.8 Å². The number of allylic oxidation sites excluding steroid dienone is 1. The number of carbonyl (C=O) groups is 1. The van der Waals surface area contributed by atoms with Crippen LogP contribution in [0.1, 0.15) is 13.8 Å². The first-order valence-electron chi connectivity index (χ1n) is 2.92. The molecule has 0 aromatic rings. The first-order chi connectivity index (χ1) is 4.54. The summed E-state index contributed by atoms with van der Waals surface area (Å²) >= 11 is 8.48. The average molecular weight is 226 g/mol. The van der Waals surface area contributed by atoms with Gasteiger partial charge in [-0.2, -0.15) is 0 Å². The highest BCUT2D eigenvalue weighted by Gasteiger charge is 2.22. The van der Waals surface area contributed by atoms with E-state index in [-0.39, 0.29) is 11.7 Å². The maximum atomic E-state index is 11.0. The molecule has 0 heterocycles. The molecule has 0 radical (unpaired) electrons. The topological polar surface area (TPSA) is 17.1 Å². The van der Waals surface area contributed by atoms with E-state index in [1.165, 1.54) is 0 Å². The molecule has 0 bridgehead atoms. The van der Waals surface area contributed by atoms with E-state index < -0.39 is 5.41 Å². The Morgan fingerprint density at radius 3 is 2.50 bits per heavy atom. The fraction of sp³-hybridized carbons (Fsp3) is 0.571. The molecule has 0 aliphatic carbocycles. The molecule has 0 rings (SSSR count). The van der Waals surface area contributed by atoms with E-state index >= 15 is 0 Å². The van der Waals surface area contributed by atoms with Crippen LogP contribution in [-0.4, -0.2) is 11.7 Å². The first kappa shape index (κ1) is 10.2. The molecule has 1 nitrogen and oxygen atoms in total. The summed E-state index contributed by atoms with van der Waals surface area (Å²) in [6.07, 6.45) is 1.78. The summed E-state index contributed by atoms with van der Waals surface area (Å²) in [5.41, 5.74) is -0.439. The minimum absolute atomic E-state index is 0.0323. The molecule has 10 heavy (non-hydrogen) atoms. The molecular formula is C7H10BrClO. The fourth-order valence-electron chi connectivity index (χ4n) is 0.423. The van der Waals surface area contributed by atoms with Gasteiger partial charge in [-0.05, 0) is 18.8 Å². The van der Waals surface area contributed by atoms with Crippen LogP contribution in [0.3, 0.4) is 0 Å². The second-order valence-electron chi connectivity index (χ2n) is 2.57. The minimum Gasteiger partial charge on any atom is -0.297 e. The molecule has 0 saturated heterocycles. The summed E-state index contributed by atoms with van der Waals surface area (Å²) in [5, 5.41) is 0. The third-order valence-corrected chi connectivity index (χ3v) is 1.83. The molecule has 0 N–H and O–H groups in total. The van der Waals surface area contributed by atoms with Gasteiger partial charge in [0, 0.05) is 5.41 Å². The van der Waals surface area contributed by atoms with E-state index in [1.807, 2.05) is 13.8 Å². The second-order valence-corrected chi connectivity index (χ2v) is 3.37. The number of hydrogen-bond acceptors (Lipinski definition) is 1. The normalized spacial score (nSPS) is 12.4. The van der Waals surface area contributed by atoms with Gasteiger partial charge in [0.2, 0.25) is 0 Å². The van der Waals surface area contributed by atoms with Crippen LogP contribution < -0.4 is 0 Å². The highest BCUT2D eigenvalue weighted by atomic mass is 79.9. The van der Waals surface area contributed by atoms with Gasteiger partial charge in [-0.15, -0.1) is 11.6 Å². The van der Waals surface area contributed by atoms with Crippen molar-refractivity contribution >= 4 is 33.3 Å². The lowest BCUT2D eigenvalue weighted by molar-refractivity contribution is -0.122. The van der Waals surface area contributed by atoms with Gasteiger partial charge in [0.05, 0.1) is 5.88 Å². The Bertz CT molecular complexity index is 152. The molecule has 0 fully saturated rings. The van der Waals surface area contributed by atoms with Crippen LogP contribution >= 0.6 is 27.5 Å². The Kier molecular flexibility index (Phi) is 4.22. The zero-order valence-corrected chi connectivity index (χ0v) is 8.37. The van der Waals surface area contributed by atoms with Crippen molar-refractivity contribution in [1.82, 2.24) is 0 Å². The quantitative estimate of drug-likeness (QED) is 0.675. The van der Waals surface area contributed by atoms with Crippen molar-refractivity contribution in [2.75, 3.05) is 5.88 Å². The number of Topliss-reactive ketones (excluding diaryl/α,β-unsaturated/α-hetero) is 1. The molecule has 0 spiro atoms. The van der Waals surface area contributed by atoms with Gasteiger partial charge < -0.3 is 0 Å². The van der Waals surface area contributed by atoms with Crippen LogP contribution in [0.25, 0.3) is 0 Å². The van der Waals surface area contributed by atoms with E-state index in [0.29, 0.717) is 0 Å². The molecule has 0 saturated carbocycles. The highest BCUT2D eigenvalue weighted by Crippen LogP contribution is 2.19. The van der Waals surface area contributed by atoms with Gasteiger partial charge in [-0.1, -0.05) is 22.0 Å². The molecule has 0 aliphatic heterocycles. The van der Waals surface area contributed by atoms with Gasteiger partial charge in [-0.3, -0.25) is 4.79 Å². The van der Waals surface area contributed by atoms with Crippen molar-refractivity contribution in [3.05, 3.63) is 11.1 Å². The molecule has 0 atom stereocenters. The summed E-state index contributed by atoms with van der Waals surface area (Å²) in [6, 6.07) is 0. The van der Waals surface area contributed by atoms with Crippen LogP contribution in [0.4, 0.5) is 0 Å². The van der Waals surface area contributed by atoms with Gasteiger partial charge in [-0.25, -0.2) is 0 Å². The van der Waals surface area contributed by atoms with Crippen LogP contribution in [0.2, 0.25) is 0 Å². The number of hydrogen-bond donors (Lipinski definition) is 0. The molecule has 0 aromatic carbocycles. The summed E-state index contributed by atoms with van der Waals surface area (Å²) in [4.78, 5) is 12.7. The lowest BCUT2D eigenvalue weighted by atomic mass is 9.89. The Balaban J connectivity index is 4.24. The number of alkyl halides is 1. The van der Waals surface area contributed by atoms with Crippen LogP contribution in [0.5, 0.6) is 0 Å². The zero-order valence-electron chi connectivity index (χ0n) is 6.03. The van der Waals surface area contributed by atoms with E-state index in [9.17, 15) is 4.79 Å². The average Bonchev–Trinajstić information content (AvgIpc) is 1.86. The summed E-state index contributed by atoms with van der Waals surface area (Å²) < 4.78 is 0. The Morgan fingerprint density at radius 2 is 2.20 bits per heavy atom. The van der Waals surface area contributed by atoms with Gasteiger partial charge in [0.15, 0.2) is 5.78 Å². The van der Waals surface area contributed by atoms with Crippen LogP contribution in [0, 0.1) is 5.41 Å². The molecule has 0 aromatic heterocycles. The predicted octanol–water partition coefficient (Wildman–Crippen LogP) is 2.73. The number of carbonyl (C=O) groups excluding carboxylic acids is 1. The maximum absolute atomic E-state index is 11.0. The smallest absolute Gasteiger partial charge is 0.156 e. The van der Waals surface area contributed by atoms with Crippen molar-refractivity contribution in [3.8, 4) is 0 Å². The maximum Gasteiger partial charge on any atom is 0.156 e. The largest absolute Gasteiger partial charge is 0.297 e. The molecule has 3 heteroatoms. The van der Waals surface area contributed by atoms with Crippen molar-refractivity contribution in [2.24, 2.45) is 5.41 Å². The van der Waals surface area contributed by atoms with E-state index in [0.717, 1.165) is 0 Å². The molecule has 0 amide bonds. The standard InChI is InChI=1S/C7H10BrClO/c1-7(2,3-4-8)6(10)5-9/h3-4H,5H2,1-2H3. The third kappa shape index (κ3) is 2.84. The van der Waals surface area contributed by atoms with Crippen LogP contribution in [0.15, 0.2) is 11.1 Å². The third-order valence-electron chi connectivity index (χ3n) is 1.32. The summed E-state index contributed by atoms with van der Waals surface area (Å²) in [5.74, 6) is 0.106. The predicted molar refractivity (Wildman–Crippen MR) is 47.6 cm³/mol. The second kappa shape index (κ2) is 4.14. The van der Waals surface area contributed by atoms with Crippen LogP contribution in [-0.2, 0) is 4.79 Å². The number of ketones is 1. The molecular weight excluding hydrogens is 215 g/mol. The Morgan fingerprint density at radius 1 is 1.70 bits per heavy atom. The van der Waals surface area contributed by atoms with Crippen molar-refractivity contribution in [3.63, 3.8) is 0 Å². The Labute approximate surface area is 74.6 Å². The van der Waals surface area contributed by atoms with Gasteiger partial charge >= 0.3 is 0 Å². The number of halogens is 2. The van der Waals surface area contributed by atoms with Gasteiger partial charge in [0.25, 0.3) is 0 Å². The SMILES string of the molecule is CC(C)(C=CBr)C(=O)CCl. The van der Waals surface area contributed by atoms with Crippen molar-refractivity contribution < 1.29 is 4.79 Å². The molecule has 0 aliphatic rings. The summed E-state index contributed by atoms with van der Waals surface area (Å²) in [6.45, 7) is 3.66. The highest BCUT2D eigenvalue weighted by molar-refractivity contribution is 9.11. The lowest BCUT2D eigenvalue weighted by Gasteiger charge is -2.15. The zero-order chi connectivity index (χ0) is 8.20.